The van der Waals surface area contributed by atoms with Crippen molar-refractivity contribution in [1.82, 2.24) is 5.32 Å². The van der Waals surface area contributed by atoms with E-state index in [0.29, 0.717) is 19.6 Å². The normalized spacial score (nSPS) is 12.4. The Kier molecular flexibility index (Phi) is 9.22. The molecule has 0 radical (unpaired) electrons. The van der Waals surface area contributed by atoms with E-state index in [0.717, 1.165) is 0 Å². The fourth-order valence-corrected chi connectivity index (χ4v) is 1.31. The number of carboxylic acid groups (broad SMARTS) is 1. The van der Waals surface area contributed by atoms with Crippen LogP contribution >= 0.6 is 0 Å². The first-order valence-electron chi connectivity index (χ1n) is 6.10. The van der Waals surface area contributed by atoms with Crippen molar-refractivity contribution in [3.63, 3.8) is 0 Å². The molecule has 0 rings (SSSR count). The average Bonchev–Trinajstić information content (AvgIpc) is 2.29. The molecule has 18 heavy (non-hydrogen) atoms. The molecule has 0 saturated carbocycles. The monoisotopic (exact) mass is 261 g/mol. The summed E-state index contributed by atoms with van der Waals surface area (Å²) in [5.74, 6) is -1.32. The van der Waals surface area contributed by atoms with Crippen LogP contribution in [0.3, 0.4) is 0 Å². The van der Waals surface area contributed by atoms with Gasteiger partial charge in [0.2, 0.25) is 5.91 Å². The zero-order valence-corrected chi connectivity index (χ0v) is 11.3. The van der Waals surface area contributed by atoms with E-state index in [2.05, 4.69) is 5.32 Å². The van der Waals surface area contributed by atoms with Gasteiger partial charge in [-0.05, 0) is 20.3 Å². The highest BCUT2D eigenvalue weighted by atomic mass is 16.5. The second-order valence-corrected chi connectivity index (χ2v) is 4.26. The lowest BCUT2D eigenvalue weighted by Crippen LogP contribution is -2.41. The number of nitrogens with one attached hydrogen (secondary N) is 1. The van der Waals surface area contributed by atoms with Crippen molar-refractivity contribution in [2.45, 2.75) is 45.3 Å². The van der Waals surface area contributed by atoms with Crippen molar-refractivity contribution in [2.24, 2.45) is 0 Å². The molecule has 2 N–H and O–H groups in total. The average molecular weight is 261 g/mol. The van der Waals surface area contributed by atoms with Gasteiger partial charge >= 0.3 is 5.97 Å². The summed E-state index contributed by atoms with van der Waals surface area (Å²) in [5, 5.41) is 11.4. The minimum absolute atomic E-state index is 0.140. The quantitative estimate of drug-likeness (QED) is 0.568. The lowest BCUT2D eigenvalue weighted by atomic mass is 10.2. The second-order valence-electron chi connectivity index (χ2n) is 4.26. The molecule has 0 bridgehead atoms. The van der Waals surface area contributed by atoms with Crippen molar-refractivity contribution < 1.29 is 24.2 Å². The third-order valence-electron chi connectivity index (χ3n) is 2.24. The Labute approximate surface area is 108 Å². The van der Waals surface area contributed by atoms with Gasteiger partial charge in [0, 0.05) is 33.2 Å². The van der Waals surface area contributed by atoms with Crippen molar-refractivity contribution in [3.05, 3.63) is 0 Å². The van der Waals surface area contributed by atoms with Crippen molar-refractivity contribution >= 4 is 11.9 Å². The molecule has 1 unspecified atom stereocenters. The van der Waals surface area contributed by atoms with E-state index in [1.54, 1.807) is 0 Å². The Balaban J connectivity index is 3.84. The smallest absolute Gasteiger partial charge is 0.326 e. The second kappa shape index (κ2) is 9.85. The molecule has 0 aromatic heterocycles. The van der Waals surface area contributed by atoms with Gasteiger partial charge in [-0.25, -0.2) is 4.79 Å². The Morgan fingerprint density at radius 3 is 2.44 bits per heavy atom. The maximum absolute atomic E-state index is 11.5. The lowest BCUT2D eigenvalue weighted by molar-refractivity contribution is -0.142. The maximum atomic E-state index is 11.5. The molecular formula is C12H23NO5. The molecule has 0 aromatic rings. The molecule has 0 aliphatic heterocycles. The summed E-state index contributed by atoms with van der Waals surface area (Å²) in [4.78, 5) is 22.4. The van der Waals surface area contributed by atoms with Gasteiger partial charge in [-0.15, -0.1) is 0 Å². The minimum Gasteiger partial charge on any atom is -0.480 e. The van der Waals surface area contributed by atoms with Crippen LogP contribution in [0.2, 0.25) is 0 Å². The zero-order valence-electron chi connectivity index (χ0n) is 11.3. The predicted molar refractivity (Wildman–Crippen MR) is 66.4 cm³/mol. The molecule has 6 nitrogen and oxygen atoms in total. The van der Waals surface area contributed by atoms with Crippen molar-refractivity contribution in [3.8, 4) is 0 Å². The van der Waals surface area contributed by atoms with Crippen molar-refractivity contribution in [1.29, 1.82) is 0 Å². The highest BCUT2D eigenvalue weighted by Gasteiger charge is 2.19. The highest BCUT2D eigenvalue weighted by molar-refractivity contribution is 5.83. The van der Waals surface area contributed by atoms with Crippen LogP contribution in [0.1, 0.15) is 33.1 Å². The van der Waals surface area contributed by atoms with Crippen LogP contribution < -0.4 is 5.32 Å². The number of ether oxygens (including phenoxy) is 2. The molecule has 1 atom stereocenters. The van der Waals surface area contributed by atoms with E-state index in [-0.39, 0.29) is 24.9 Å². The Morgan fingerprint density at radius 1 is 1.28 bits per heavy atom. The van der Waals surface area contributed by atoms with E-state index >= 15 is 0 Å². The Morgan fingerprint density at radius 2 is 1.94 bits per heavy atom. The third-order valence-corrected chi connectivity index (χ3v) is 2.24. The van der Waals surface area contributed by atoms with Gasteiger partial charge in [0.1, 0.15) is 6.04 Å². The van der Waals surface area contributed by atoms with E-state index in [4.69, 9.17) is 14.6 Å². The van der Waals surface area contributed by atoms with E-state index in [9.17, 15) is 9.59 Å². The largest absolute Gasteiger partial charge is 0.480 e. The fraction of sp³-hybridized carbons (Fsp3) is 0.833. The summed E-state index contributed by atoms with van der Waals surface area (Å²) in [6.07, 6.45) is 1.26. The topological polar surface area (TPSA) is 84.9 Å². The molecule has 106 valence electrons. The molecular weight excluding hydrogens is 238 g/mol. The number of carbonyl (C=O) groups excluding carboxylic acids is 1. The minimum atomic E-state index is -1.04. The summed E-state index contributed by atoms with van der Waals surface area (Å²) in [7, 11) is 1.49. The molecule has 0 spiro atoms. The van der Waals surface area contributed by atoms with Gasteiger partial charge in [0.25, 0.3) is 0 Å². The highest BCUT2D eigenvalue weighted by Crippen LogP contribution is 1.98. The number of carbonyl (C=O) groups is 2. The molecule has 6 heteroatoms. The number of aliphatic carboxylic acids is 1. The van der Waals surface area contributed by atoms with Crippen LogP contribution in [-0.4, -0.2) is 49.5 Å². The third kappa shape index (κ3) is 8.95. The first-order valence-corrected chi connectivity index (χ1v) is 6.10. The number of rotatable bonds is 10. The number of hydrogen-bond acceptors (Lipinski definition) is 4. The van der Waals surface area contributed by atoms with Crippen molar-refractivity contribution in [2.75, 3.05) is 20.3 Å². The molecule has 0 saturated heterocycles. The molecule has 0 heterocycles. The first kappa shape index (κ1) is 16.9. The van der Waals surface area contributed by atoms with Gasteiger partial charge in [0.05, 0.1) is 6.10 Å². The van der Waals surface area contributed by atoms with Crippen LogP contribution in [0.4, 0.5) is 0 Å². The summed E-state index contributed by atoms with van der Waals surface area (Å²) in [5.41, 5.74) is 0. The van der Waals surface area contributed by atoms with Gasteiger partial charge < -0.3 is 19.9 Å². The molecule has 0 fully saturated rings. The van der Waals surface area contributed by atoms with Gasteiger partial charge in [-0.3, -0.25) is 4.79 Å². The molecule has 1 amide bonds. The van der Waals surface area contributed by atoms with Gasteiger partial charge in [-0.1, -0.05) is 0 Å². The van der Waals surface area contributed by atoms with E-state index < -0.39 is 12.0 Å². The lowest BCUT2D eigenvalue weighted by Gasteiger charge is -2.14. The van der Waals surface area contributed by atoms with E-state index in [1.165, 1.54) is 7.11 Å². The number of carboxylic acids is 1. The number of hydrogen-bond donors (Lipinski definition) is 2. The van der Waals surface area contributed by atoms with Crippen LogP contribution in [-0.2, 0) is 19.1 Å². The fourth-order valence-electron chi connectivity index (χ4n) is 1.31. The predicted octanol–water partition coefficient (Wildman–Crippen LogP) is 0.798. The van der Waals surface area contributed by atoms with Gasteiger partial charge in [-0.2, -0.15) is 0 Å². The Hall–Kier alpha value is -1.14. The van der Waals surface area contributed by atoms with Crippen LogP contribution in [0.25, 0.3) is 0 Å². The molecule has 0 aromatic carbocycles. The maximum Gasteiger partial charge on any atom is 0.326 e. The summed E-state index contributed by atoms with van der Waals surface area (Å²) >= 11 is 0. The number of amides is 1. The Bertz CT molecular complexity index is 255. The zero-order chi connectivity index (χ0) is 14.0. The van der Waals surface area contributed by atoms with Gasteiger partial charge in [0.15, 0.2) is 0 Å². The van der Waals surface area contributed by atoms with Crippen LogP contribution in [0, 0.1) is 0 Å². The summed E-state index contributed by atoms with van der Waals surface area (Å²) in [6.45, 7) is 4.64. The first-order chi connectivity index (χ1) is 8.47. The molecule has 0 aliphatic rings. The number of methoxy groups -OCH3 is 1. The molecule has 0 aliphatic carbocycles. The van der Waals surface area contributed by atoms with Crippen LogP contribution in [0.15, 0.2) is 0 Å². The van der Waals surface area contributed by atoms with Crippen LogP contribution in [0.5, 0.6) is 0 Å². The summed E-state index contributed by atoms with van der Waals surface area (Å²) in [6, 6.07) is -0.886. The summed E-state index contributed by atoms with van der Waals surface area (Å²) < 4.78 is 10.1. The standard InChI is InChI=1S/C12H23NO5/c1-9(2)18-7-4-5-11(14)13-10(12(15)16)6-8-17-3/h9-10H,4-8H2,1-3H3,(H,13,14)(H,15,16). The SMILES string of the molecule is COCCC(NC(=O)CCCOC(C)C)C(=O)O. The van der Waals surface area contributed by atoms with E-state index in [1.807, 2.05) is 13.8 Å².